The second kappa shape index (κ2) is 4.78. The Morgan fingerprint density at radius 1 is 1.75 bits per heavy atom. The Balaban J connectivity index is 3.99. The minimum Gasteiger partial charge on any atom is -0.480 e. The molecule has 0 rings (SSSR count). The van der Waals surface area contributed by atoms with Gasteiger partial charge in [-0.2, -0.15) is 0 Å². The van der Waals surface area contributed by atoms with E-state index < -0.39 is 11.5 Å². The van der Waals surface area contributed by atoms with Crippen molar-refractivity contribution in [3.05, 3.63) is 0 Å². The van der Waals surface area contributed by atoms with Gasteiger partial charge in [-0.05, 0) is 26.8 Å². The summed E-state index contributed by atoms with van der Waals surface area (Å²) in [5, 5.41) is 11.6. The maximum absolute atomic E-state index is 10.7. The Kier molecular flexibility index (Phi) is 4.38. The van der Waals surface area contributed by atoms with Gasteiger partial charge in [0, 0.05) is 6.42 Å². The van der Waals surface area contributed by atoms with E-state index in [-0.39, 0.29) is 0 Å². The Morgan fingerprint density at radius 3 is 2.67 bits per heavy atom. The quantitative estimate of drug-likeness (QED) is 0.474. The molecule has 0 aromatic rings. The Hall–Kier alpha value is -1.01. The number of terminal acetylenes is 1. The number of rotatable bonds is 5. The molecule has 0 aliphatic rings. The zero-order valence-corrected chi connectivity index (χ0v) is 7.55. The molecule has 2 N–H and O–H groups in total. The van der Waals surface area contributed by atoms with Gasteiger partial charge >= 0.3 is 5.97 Å². The molecule has 3 heteroatoms. The molecule has 0 radical (unpaired) electrons. The van der Waals surface area contributed by atoms with Crippen molar-refractivity contribution >= 4 is 5.97 Å². The topological polar surface area (TPSA) is 49.3 Å². The summed E-state index contributed by atoms with van der Waals surface area (Å²) in [5.41, 5.74) is -0.836. The Bertz CT molecular complexity index is 195. The van der Waals surface area contributed by atoms with E-state index in [2.05, 4.69) is 11.2 Å². The monoisotopic (exact) mass is 169 g/mol. The number of hydrogen-bond donors (Lipinski definition) is 2. The zero-order valence-electron chi connectivity index (χ0n) is 7.55. The van der Waals surface area contributed by atoms with E-state index >= 15 is 0 Å². The van der Waals surface area contributed by atoms with Gasteiger partial charge in [-0.3, -0.25) is 4.79 Å². The fourth-order valence-corrected chi connectivity index (χ4v) is 0.883. The number of hydrogen-bond acceptors (Lipinski definition) is 2. The van der Waals surface area contributed by atoms with E-state index in [1.807, 2.05) is 0 Å². The summed E-state index contributed by atoms with van der Waals surface area (Å²) >= 11 is 0. The van der Waals surface area contributed by atoms with E-state index in [0.29, 0.717) is 12.8 Å². The van der Waals surface area contributed by atoms with Crippen molar-refractivity contribution in [2.24, 2.45) is 0 Å². The van der Waals surface area contributed by atoms with Crippen LogP contribution in [0.1, 0.15) is 26.2 Å². The molecule has 0 saturated carbocycles. The normalized spacial score (nSPS) is 14.8. The SMILES string of the molecule is C#CCCCC(C)(NC)C(=O)O. The predicted octanol–water partition coefficient (Wildman–Crippen LogP) is 0.853. The summed E-state index contributed by atoms with van der Waals surface area (Å²) in [6, 6.07) is 0. The summed E-state index contributed by atoms with van der Waals surface area (Å²) in [4.78, 5) is 10.7. The first kappa shape index (κ1) is 11.0. The molecule has 0 aliphatic carbocycles. The van der Waals surface area contributed by atoms with Gasteiger partial charge in [-0.15, -0.1) is 12.3 Å². The summed E-state index contributed by atoms with van der Waals surface area (Å²) < 4.78 is 0. The second-order valence-corrected chi connectivity index (χ2v) is 2.94. The summed E-state index contributed by atoms with van der Waals surface area (Å²) in [5.74, 6) is 1.65. The van der Waals surface area contributed by atoms with Crippen LogP contribution in [-0.4, -0.2) is 23.7 Å². The number of nitrogens with one attached hydrogen (secondary N) is 1. The molecule has 68 valence electrons. The van der Waals surface area contributed by atoms with Crippen LogP contribution in [0.25, 0.3) is 0 Å². The highest BCUT2D eigenvalue weighted by atomic mass is 16.4. The average Bonchev–Trinajstić information content (AvgIpc) is 2.04. The minimum atomic E-state index is -0.836. The van der Waals surface area contributed by atoms with Crippen molar-refractivity contribution in [3.63, 3.8) is 0 Å². The summed E-state index contributed by atoms with van der Waals surface area (Å²) in [6.07, 6.45) is 6.98. The van der Waals surface area contributed by atoms with Crippen molar-refractivity contribution in [2.75, 3.05) is 7.05 Å². The molecule has 0 aromatic carbocycles. The van der Waals surface area contributed by atoms with Gasteiger partial charge in [-0.25, -0.2) is 0 Å². The molecule has 3 nitrogen and oxygen atoms in total. The average molecular weight is 169 g/mol. The van der Waals surface area contributed by atoms with Gasteiger partial charge in [0.2, 0.25) is 0 Å². The van der Waals surface area contributed by atoms with Crippen molar-refractivity contribution in [1.29, 1.82) is 0 Å². The van der Waals surface area contributed by atoms with Gasteiger partial charge < -0.3 is 10.4 Å². The van der Waals surface area contributed by atoms with Gasteiger partial charge in [0.15, 0.2) is 0 Å². The third kappa shape index (κ3) is 2.93. The minimum absolute atomic E-state index is 0.559. The summed E-state index contributed by atoms with van der Waals surface area (Å²) in [7, 11) is 1.64. The third-order valence-electron chi connectivity index (χ3n) is 2.02. The van der Waals surface area contributed by atoms with E-state index in [0.717, 1.165) is 6.42 Å². The lowest BCUT2D eigenvalue weighted by atomic mass is 9.95. The Labute approximate surface area is 73.2 Å². The van der Waals surface area contributed by atoms with E-state index in [9.17, 15) is 4.79 Å². The van der Waals surface area contributed by atoms with Gasteiger partial charge in [0.25, 0.3) is 0 Å². The first-order valence-electron chi connectivity index (χ1n) is 3.92. The molecule has 0 amide bonds. The molecule has 1 unspecified atom stereocenters. The smallest absolute Gasteiger partial charge is 0.323 e. The van der Waals surface area contributed by atoms with Gasteiger partial charge in [0.05, 0.1) is 0 Å². The number of unbranched alkanes of at least 4 members (excludes halogenated alkanes) is 1. The largest absolute Gasteiger partial charge is 0.480 e. The number of aliphatic carboxylic acids is 1. The zero-order chi connectivity index (χ0) is 9.61. The molecule has 0 heterocycles. The maximum atomic E-state index is 10.7. The number of likely N-dealkylation sites (N-methyl/N-ethyl adjacent to an activating group) is 1. The van der Waals surface area contributed by atoms with Crippen molar-refractivity contribution < 1.29 is 9.90 Å². The van der Waals surface area contributed by atoms with Crippen LogP contribution in [0.15, 0.2) is 0 Å². The first-order chi connectivity index (χ1) is 5.56. The second-order valence-electron chi connectivity index (χ2n) is 2.94. The number of carbonyl (C=O) groups is 1. The highest BCUT2D eigenvalue weighted by Crippen LogP contribution is 2.12. The number of carboxylic acids is 1. The van der Waals surface area contributed by atoms with Gasteiger partial charge in [0.1, 0.15) is 5.54 Å². The Morgan fingerprint density at radius 2 is 2.33 bits per heavy atom. The van der Waals surface area contributed by atoms with Crippen LogP contribution in [0.4, 0.5) is 0 Å². The third-order valence-corrected chi connectivity index (χ3v) is 2.02. The van der Waals surface area contributed by atoms with Gasteiger partial charge in [-0.1, -0.05) is 0 Å². The van der Waals surface area contributed by atoms with Crippen LogP contribution in [0.5, 0.6) is 0 Å². The molecule has 0 spiro atoms. The molecule has 1 atom stereocenters. The van der Waals surface area contributed by atoms with Crippen molar-refractivity contribution in [3.8, 4) is 12.3 Å². The van der Waals surface area contributed by atoms with Crippen LogP contribution in [0, 0.1) is 12.3 Å². The lowest BCUT2D eigenvalue weighted by molar-refractivity contribution is -0.144. The highest BCUT2D eigenvalue weighted by molar-refractivity contribution is 5.78. The molecule has 0 saturated heterocycles. The lowest BCUT2D eigenvalue weighted by Crippen LogP contribution is -2.47. The predicted molar refractivity (Wildman–Crippen MR) is 47.8 cm³/mol. The molecular formula is C9H15NO2. The first-order valence-corrected chi connectivity index (χ1v) is 3.92. The molecular weight excluding hydrogens is 154 g/mol. The maximum Gasteiger partial charge on any atom is 0.323 e. The van der Waals surface area contributed by atoms with Crippen LogP contribution in [0.3, 0.4) is 0 Å². The van der Waals surface area contributed by atoms with Crippen molar-refractivity contribution in [2.45, 2.75) is 31.7 Å². The van der Waals surface area contributed by atoms with Crippen LogP contribution >= 0.6 is 0 Å². The highest BCUT2D eigenvalue weighted by Gasteiger charge is 2.29. The molecule has 0 aromatic heterocycles. The van der Waals surface area contributed by atoms with E-state index in [4.69, 9.17) is 11.5 Å². The molecule has 0 fully saturated rings. The van der Waals surface area contributed by atoms with E-state index in [1.165, 1.54) is 0 Å². The lowest BCUT2D eigenvalue weighted by Gasteiger charge is -2.23. The van der Waals surface area contributed by atoms with Crippen LogP contribution in [0.2, 0.25) is 0 Å². The fraction of sp³-hybridized carbons (Fsp3) is 0.667. The van der Waals surface area contributed by atoms with Crippen LogP contribution in [-0.2, 0) is 4.79 Å². The van der Waals surface area contributed by atoms with Crippen LogP contribution < -0.4 is 5.32 Å². The van der Waals surface area contributed by atoms with Crippen molar-refractivity contribution in [1.82, 2.24) is 5.32 Å². The van der Waals surface area contributed by atoms with E-state index in [1.54, 1.807) is 14.0 Å². The molecule has 0 bridgehead atoms. The summed E-state index contributed by atoms with van der Waals surface area (Å²) in [6.45, 7) is 1.66. The fourth-order valence-electron chi connectivity index (χ4n) is 0.883. The molecule has 12 heavy (non-hydrogen) atoms. The standard InChI is InChI=1S/C9H15NO2/c1-4-5-6-7-9(2,10-3)8(11)12/h1,10H,5-7H2,2-3H3,(H,11,12). The number of carboxylic acid groups (broad SMARTS) is 1. The molecule has 0 aliphatic heterocycles.